The van der Waals surface area contributed by atoms with E-state index < -0.39 is 10.0 Å². The van der Waals surface area contributed by atoms with E-state index in [4.69, 9.17) is 14.2 Å². The molecule has 0 spiro atoms. The Labute approximate surface area is 164 Å². The molecule has 3 heterocycles. The average Bonchev–Trinajstić information content (AvgIpc) is 3.28. The molecule has 28 heavy (non-hydrogen) atoms. The van der Waals surface area contributed by atoms with Crippen LogP contribution in [-0.2, 0) is 14.8 Å². The lowest BCUT2D eigenvalue weighted by atomic mass is 10.0. The second-order valence-corrected chi connectivity index (χ2v) is 8.60. The number of H-pyrrole nitrogens is 1. The van der Waals surface area contributed by atoms with Crippen LogP contribution in [0.15, 0.2) is 23.1 Å². The molecule has 1 aromatic carbocycles. The second-order valence-electron chi connectivity index (χ2n) is 6.89. The van der Waals surface area contributed by atoms with Crippen molar-refractivity contribution in [2.45, 2.75) is 24.8 Å². The summed E-state index contributed by atoms with van der Waals surface area (Å²) in [6.45, 7) is 6.50. The molecular formula is C18H24N4O5S. The summed E-state index contributed by atoms with van der Waals surface area (Å²) in [4.78, 5) is 2.43. The van der Waals surface area contributed by atoms with Crippen molar-refractivity contribution in [3.63, 3.8) is 0 Å². The maximum atomic E-state index is 12.9. The number of hydrogen-bond donors (Lipinski definition) is 2. The van der Waals surface area contributed by atoms with Crippen molar-refractivity contribution in [3.8, 4) is 11.5 Å². The summed E-state index contributed by atoms with van der Waals surface area (Å²) in [5.41, 5.74) is 1.95. The van der Waals surface area contributed by atoms with E-state index in [0.29, 0.717) is 36.1 Å². The number of aromatic amines is 1. The van der Waals surface area contributed by atoms with Crippen molar-refractivity contribution in [2.75, 3.05) is 39.6 Å². The quantitative estimate of drug-likeness (QED) is 0.737. The van der Waals surface area contributed by atoms with Crippen LogP contribution in [0, 0.1) is 13.8 Å². The van der Waals surface area contributed by atoms with Crippen LogP contribution < -0.4 is 14.2 Å². The van der Waals surface area contributed by atoms with Crippen LogP contribution in [0.4, 0.5) is 0 Å². The van der Waals surface area contributed by atoms with Crippen LogP contribution in [0.25, 0.3) is 0 Å². The Morgan fingerprint density at radius 3 is 2.68 bits per heavy atom. The van der Waals surface area contributed by atoms with E-state index in [1.807, 2.05) is 18.2 Å². The summed E-state index contributed by atoms with van der Waals surface area (Å²) in [7, 11) is -3.69. The second kappa shape index (κ2) is 7.70. The lowest BCUT2D eigenvalue weighted by molar-refractivity contribution is 0.0171. The van der Waals surface area contributed by atoms with Crippen LogP contribution in [0.5, 0.6) is 11.5 Å². The van der Waals surface area contributed by atoms with Crippen LogP contribution in [0.2, 0.25) is 0 Å². The number of aryl methyl sites for hydroxylation is 2. The van der Waals surface area contributed by atoms with Crippen molar-refractivity contribution < 1.29 is 22.6 Å². The zero-order valence-corrected chi connectivity index (χ0v) is 16.7. The summed E-state index contributed by atoms with van der Waals surface area (Å²) in [5.74, 6) is 1.38. The minimum atomic E-state index is -3.69. The first-order chi connectivity index (χ1) is 13.5. The van der Waals surface area contributed by atoms with E-state index >= 15 is 0 Å². The highest BCUT2D eigenvalue weighted by atomic mass is 32.2. The Kier molecular flexibility index (Phi) is 5.28. The van der Waals surface area contributed by atoms with Gasteiger partial charge in [-0.05, 0) is 31.5 Å². The van der Waals surface area contributed by atoms with Gasteiger partial charge in [-0.25, -0.2) is 13.1 Å². The largest absolute Gasteiger partial charge is 0.454 e. The van der Waals surface area contributed by atoms with Crippen LogP contribution in [0.1, 0.15) is 23.0 Å². The predicted molar refractivity (Wildman–Crippen MR) is 101 cm³/mol. The fraction of sp³-hybridized carbons (Fsp3) is 0.500. The molecule has 1 saturated heterocycles. The minimum absolute atomic E-state index is 0.152. The highest BCUT2D eigenvalue weighted by molar-refractivity contribution is 7.89. The smallest absolute Gasteiger partial charge is 0.244 e. The molecule has 0 aliphatic carbocycles. The highest BCUT2D eigenvalue weighted by Crippen LogP contribution is 2.35. The van der Waals surface area contributed by atoms with Crippen molar-refractivity contribution >= 4 is 10.0 Å². The number of ether oxygens (including phenoxy) is 3. The van der Waals surface area contributed by atoms with Crippen LogP contribution in [-0.4, -0.2) is 63.2 Å². The first-order valence-corrected chi connectivity index (χ1v) is 10.7. The zero-order valence-electron chi connectivity index (χ0n) is 15.9. The average molecular weight is 408 g/mol. The fourth-order valence-corrected chi connectivity index (χ4v) is 5.07. The summed E-state index contributed by atoms with van der Waals surface area (Å²) in [6, 6.07) is 5.59. The van der Waals surface area contributed by atoms with Gasteiger partial charge in [-0.2, -0.15) is 5.10 Å². The number of benzene rings is 1. The number of rotatable bonds is 6. The molecule has 2 N–H and O–H groups in total. The molecule has 152 valence electrons. The van der Waals surface area contributed by atoms with Gasteiger partial charge in [0, 0.05) is 25.7 Å². The van der Waals surface area contributed by atoms with Crippen molar-refractivity contribution in [1.82, 2.24) is 19.8 Å². The summed E-state index contributed by atoms with van der Waals surface area (Å²) < 4.78 is 44.9. The zero-order chi connectivity index (χ0) is 19.7. The summed E-state index contributed by atoms with van der Waals surface area (Å²) in [6.07, 6.45) is 0. The summed E-state index contributed by atoms with van der Waals surface area (Å²) >= 11 is 0. The van der Waals surface area contributed by atoms with E-state index in [9.17, 15) is 8.42 Å². The molecule has 0 amide bonds. The number of hydrogen-bond acceptors (Lipinski definition) is 7. The Balaban J connectivity index is 1.59. The number of fused-ring (bicyclic) bond motifs is 1. The maximum absolute atomic E-state index is 12.9. The molecule has 10 heteroatoms. The van der Waals surface area contributed by atoms with Gasteiger partial charge in [0.1, 0.15) is 4.90 Å². The molecule has 1 aromatic heterocycles. The molecule has 0 unspecified atom stereocenters. The third kappa shape index (κ3) is 3.72. The molecule has 1 fully saturated rings. The Bertz CT molecular complexity index is 933. The molecule has 0 bridgehead atoms. The highest BCUT2D eigenvalue weighted by Gasteiger charge is 2.28. The molecule has 4 rings (SSSR count). The van der Waals surface area contributed by atoms with Gasteiger partial charge in [0.05, 0.1) is 24.6 Å². The van der Waals surface area contributed by atoms with Gasteiger partial charge in [-0.15, -0.1) is 0 Å². The molecule has 0 radical (unpaired) electrons. The molecule has 2 aromatic rings. The molecule has 2 aliphatic rings. The van der Waals surface area contributed by atoms with E-state index in [-0.39, 0.29) is 24.3 Å². The Morgan fingerprint density at radius 2 is 1.96 bits per heavy atom. The molecule has 2 aliphatic heterocycles. The molecule has 9 nitrogen and oxygen atoms in total. The van der Waals surface area contributed by atoms with Gasteiger partial charge in [-0.3, -0.25) is 10.00 Å². The Hall–Kier alpha value is -2.14. The lowest BCUT2D eigenvalue weighted by Gasteiger charge is -2.35. The van der Waals surface area contributed by atoms with Gasteiger partial charge in [0.25, 0.3) is 0 Å². The third-order valence-electron chi connectivity index (χ3n) is 5.06. The first-order valence-electron chi connectivity index (χ1n) is 9.18. The molecule has 1 atom stereocenters. The van der Waals surface area contributed by atoms with Gasteiger partial charge in [0.15, 0.2) is 11.5 Å². The first kappa shape index (κ1) is 19.2. The third-order valence-corrected chi connectivity index (χ3v) is 6.75. The van der Waals surface area contributed by atoms with Gasteiger partial charge in [0.2, 0.25) is 16.8 Å². The number of sulfonamides is 1. The SMILES string of the molecule is Cc1n[nH]c(C)c1S(=O)(=O)NC[C@H](c1ccc2c(c1)OCO2)N1CCOCC1. The van der Waals surface area contributed by atoms with Crippen LogP contribution >= 0.6 is 0 Å². The Morgan fingerprint density at radius 1 is 1.21 bits per heavy atom. The minimum Gasteiger partial charge on any atom is -0.454 e. The van der Waals surface area contributed by atoms with Crippen molar-refractivity contribution in [1.29, 1.82) is 0 Å². The summed E-state index contributed by atoms with van der Waals surface area (Å²) in [5, 5.41) is 6.72. The van der Waals surface area contributed by atoms with Crippen molar-refractivity contribution in [2.24, 2.45) is 0 Å². The number of morpholine rings is 1. The maximum Gasteiger partial charge on any atom is 0.244 e. The topological polar surface area (TPSA) is 106 Å². The van der Waals surface area contributed by atoms with Crippen molar-refractivity contribution in [3.05, 3.63) is 35.2 Å². The monoisotopic (exact) mass is 408 g/mol. The van der Waals surface area contributed by atoms with Gasteiger partial charge >= 0.3 is 0 Å². The number of nitrogens with zero attached hydrogens (tertiary/aromatic N) is 2. The molecule has 0 saturated carbocycles. The van der Waals surface area contributed by atoms with E-state index in [0.717, 1.165) is 18.7 Å². The normalized spacial score (nSPS) is 18.4. The van der Waals surface area contributed by atoms with E-state index in [1.54, 1.807) is 13.8 Å². The van der Waals surface area contributed by atoms with Crippen LogP contribution in [0.3, 0.4) is 0 Å². The van der Waals surface area contributed by atoms with Gasteiger partial charge < -0.3 is 14.2 Å². The van der Waals surface area contributed by atoms with Gasteiger partial charge in [-0.1, -0.05) is 6.07 Å². The molecular weight excluding hydrogens is 384 g/mol. The number of aromatic nitrogens is 2. The van der Waals surface area contributed by atoms with E-state index in [1.165, 1.54) is 0 Å². The fourth-order valence-electron chi connectivity index (χ4n) is 3.66. The standard InChI is InChI=1S/C18H24N4O5S/c1-12-18(13(2)21-20-12)28(23,24)19-10-15(22-5-7-25-8-6-22)14-3-4-16-17(9-14)27-11-26-16/h3-4,9,15,19H,5-8,10-11H2,1-2H3,(H,20,21)/t15-/m1/s1. The predicted octanol–water partition coefficient (Wildman–Crippen LogP) is 1.11. The lowest BCUT2D eigenvalue weighted by Crippen LogP contribution is -2.43. The number of nitrogens with one attached hydrogen (secondary N) is 2. The van der Waals surface area contributed by atoms with E-state index in [2.05, 4.69) is 19.8 Å².